The minimum Gasteiger partial charge on any atom is -0.497 e. The molecule has 0 N–H and O–H groups in total. The lowest BCUT2D eigenvalue weighted by atomic mass is 9.90. The van der Waals surface area contributed by atoms with Gasteiger partial charge in [0, 0.05) is 12.0 Å². The topological polar surface area (TPSA) is 48.0 Å². The standard InChI is InChI=1S/C29H26FNO4/c1-33-23-13-18(10-20(30)14-23)19-11-21-15-34-16-22(12-19)31(21)29(32)35-17-28-26-8-4-2-6-24(26)25-7-3-5-9-27(25)28/h2-11,13-14,21-22,28H,12,15-17H2,1H3. The van der Waals surface area contributed by atoms with Crippen LogP contribution in [0.4, 0.5) is 9.18 Å². The maximum absolute atomic E-state index is 14.1. The van der Waals surface area contributed by atoms with Gasteiger partial charge in [-0.05, 0) is 51.9 Å². The summed E-state index contributed by atoms with van der Waals surface area (Å²) < 4.78 is 31.0. The van der Waals surface area contributed by atoms with Crippen molar-refractivity contribution in [3.8, 4) is 16.9 Å². The van der Waals surface area contributed by atoms with Gasteiger partial charge in [-0.2, -0.15) is 0 Å². The molecule has 5 nitrogen and oxygen atoms in total. The highest BCUT2D eigenvalue weighted by Gasteiger charge is 2.40. The first-order valence-corrected chi connectivity index (χ1v) is 11.9. The SMILES string of the molecule is COc1cc(F)cc(C2=CC3COCC(C2)N3C(=O)OCC2c3ccccc3-c3ccccc32)c1. The van der Waals surface area contributed by atoms with E-state index in [-0.39, 0.29) is 36.5 Å². The highest BCUT2D eigenvalue weighted by atomic mass is 19.1. The Morgan fingerprint density at radius 2 is 1.74 bits per heavy atom. The number of carbonyl (C=O) groups excluding carboxylic acids is 1. The first-order valence-electron chi connectivity index (χ1n) is 11.9. The summed E-state index contributed by atoms with van der Waals surface area (Å²) in [4.78, 5) is 15.1. The van der Waals surface area contributed by atoms with E-state index in [1.165, 1.54) is 41.5 Å². The number of fused-ring (bicyclic) bond motifs is 5. The third-order valence-corrected chi connectivity index (χ3v) is 7.22. The van der Waals surface area contributed by atoms with E-state index in [1.54, 1.807) is 4.90 Å². The molecule has 1 amide bonds. The zero-order chi connectivity index (χ0) is 23.9. The number of hydrogen-bond donors (Lipinski definition) is 0. The Labute approximate surface area is 203 Å². The summed E-state index contributed by atoms with van der Waals surface area (Å²) in [6.07, 6.45) is 2.22. The van der Waals surface area contributed by atoms with Crippen LogP contribution in [-0.2, 0) is 9.47 Å². The van der Waals surface area contributed by atoms with E-state index < -0.39 is 0 Å². The van der Waals surface area contributed by atoms with E-state index in [2.05, 4.69) is 24.3 Å². The van der Waals surface area contributed by atoms with Crippen molar-refractivity contribution in [2.75, 3.05) is 26.9 Å². The van der Waals surface area contributed by atoms with Crippen LogP contribution in [0.3, 0.4) is 0 Å². The number of hydrogen-bond acceptors (Lipinski definition) is 4. The average Bonchev–Trinajstić information content (AvgIpc) is 3.19. The molecule has 3 aromatic carbocycles. The summed E-state index contributed by atoms with van der Waals surface area (Å²) >= 11 is 0. The van der Waals surface area contributed by atoms with Crippen LogP contribution in [0, 0.1) is 5.82 Å². The molecule has 1 fully saturated rings. The molecule has 2 heterocycles. The van der Waals surface area contributed by atoms with Crippen molar-refractivity contribution in [3.63, 3.8) is 0 Å². The lowest BCUT2D eigenvalue weighted by Gasteiger charge is -2.44. The van der Waals surface area contributed by atoms with E-state index >= 15 is 0 Å². The van der Waals surface area contributed by atoms with Crippen LogP contribution >= 0.6 is 0 Å². The fourth-order valence-corrected chi connectivity index (χ4v) is 5.63. The molecule has 2 atom stereocenters. The van der Waals surface area contributed by atoms with Gasteiger partial charge in [-0.1, -0.05) is 54.6 Å². The first-order chi connectivity index (χ1) is 17.1. The van der Waals surface area contributed by atoms with Crippen LogP contribution in [0.2, 0.25) is 0 Å². The second-order valence-electron chi connectivity index (χ2n) is 9.25. The molecule has 35 heavy (non-hydrogen) atoms. The molecule has 2 aliphatic heterocycles. The monoisotopic (exact) mass is 471 g/mol. The van der Waals surface area contributed by atoms with Gasteiger partial charge in [-0.25, -0.2) is 9.18 Å². The lowest BCUT2D eigenvalue weighted by molar-refractivity contribution is -0.0331. The van der Waals surface area contributed by atoms with Crippen LogP contribution in [0.5, 0.6) is 5.75 Å². The molecule has 0 saturated carbocycles. The van der Waals surface area contributed by atoms with E-state index in [0.717, 1.165) is 11.1 Å². The predicted molar refractivity (Wildman–Crippen MR) is 131 cm³/mol. The number of amides is 1. The van der Waals surface area contributed by atoms with Gasteiger partial charge in [0.25, 0.3) is 0 Å². The number of morpholine rings is 1. The van der Waals surface area contributed by atoms with Gasteiger partial charge in [-0.15, -0.1) is 0 Å². The Morgan fingerprint density at radius 1 is 1.03 bits per heavy atom. The molecular weight excluding hydrogens is 445 g/mol. The Balaban J connectivity index is 1.22. The number of nitrogens with zero attached hydrogens (tertiary/aromatic N) is 1. The van der Waals surface area contributed by atoms with Gasteiger partial charge < -0.3 is 14.2 Å². The minimum absolute atomic E-state index is 0.0121. The van der Waals surface area contributed by atoms with Crippen molar-refractivity contribution in [2.24, 2.45) is 0 Å². The summed E-state index contributed by atoms with van der Waals surface area (Å²) in [5.41, 5.74) is 6.53. The fraction of sp³-hybridized carbons (Fsp3) is 0.276. The van der Waals surface area contributed by atoms with Gasteiger partial charge in [0.15, 0.2) is 0 Å². The van der Waals surface area contributed by atoms with E-state index in [1.807, 2.05) is 36.4 Å². The van der Waals surface area contributed by atoms with Gasteiger partial charge >= 0.3 is 6.09 Å². The summed E-state index contributed by atoms with van der Waals surface area (Å²) in [6, 6.07) is 20.9. The number of halogens is 1. The molecule has 0 radical (unpaired) electrons. The predicted octanol–water partition coefficient (Wildman–Crippen LogP) is 5.64. The molecule has 178 valence electrons. The highest BCUT2D eigenvalue weighted by Crippen LogP contribution is 2.44. The normalized spacial score (nSPS) is 20.6. The van der Waals surface area contributed by atoms with Crippen molar-refractivity contribution < 1.29 is 23.4 Å². The van der Waals surface area contributed by atoms with E-state index in [0.29, 0.717) is 25.4 Å². The molecule has 0 spiro atoms. The van der Waals surface area contributed by atoms with Crippen molar-refractivity contribution in [2.45, 2.75) is 24.4 Å². The average molecular weight is 472 g/mol. The number of benzene rings is 3. The number of ether oxygens (including phenoxy) is 3. The summed E-state index contributed by atoms with van der Waals surface area (Å²) in [6.45, 7) is 1.09. The number of carbonyl (C=O) groups is 1. The first kappa shape index (κ1) is 21.9. The quantitative estimate of drug-likeness (QED) is 0.494. The Morgan fingerprint density at radius 3 is 2.43 bits per heavy atom. The van der Waals surface area contributed by atoms with Crippen LogP contribution in [0.1, 0.15) is 29.0 Å². The molecule has 3 aromatic rings. The van der Waals surface area contributed by atoms with Crippen molar-refractivity contribution in [1.82, 2.24) is 4.90 Å². The van der Waals surface area contributed by atoms with Gasteiger partial charge in [-0.3, -0.25) is 4.90 Å². The molecule has 0 aromatic heterocycles. The zero-order valence-corrected chi connectivity index (χ0v) is 19.4. The summed E-state index contributed by atoms with van der Waals surface area (Å²) in [7, 11) is 1.52. The molecule has 1 aliphatic carbocycles. The van der Waals surface area contributed by atoms with Gasteiger partial charge in [0.2, 0.25) is 0 Å². The Hall–Kier alpha value is -3.64. The molecule has 6 rings (SSSR count). The fourth-order valence-electron chi connectivity index (χ4n) is 5.63. The largest absolute Gasteiger partial charge is 0.497 e. The molecular formula is C29H26FNO4. The summed E-state index contributed by atoms with van der Waals surface area (Å²) in [5, 5.41) is 0. The van der Waals surface area contributed by atoms with Gasteiger partial charge in [0.1, 0.15) is 18.2 Å². The van der Waals surface area contributed by atoms with Crippen molar-refractivity contribution >= 4 is 11.7 Å². The number of methoxy groups -OCH3 is 1. The van der Waals surface area contributed by atoms with Crippen molar-refractivity contribution in [3.05, 3.63) is 95.3 Å². The molecule has 2 bridgehead atoms. The maximum Gasteiger partial charge on any atom is 0.410 e. The molecule has 6 heteroatoms. The third-order valence-electron chi connectivity index (χ3n) is 7.22. The van der Waals surface area contributed by atoms with Crippen LogP contribution in [0.15, 0.2) is 72.8 Å². The van der Waals surface area contributed by atoms with Crippen LogP contribution < -0.4 is 4.74 Å². The van der Waals surface area contributed by atoms with E-state index in [4.69, 9.17) is 14.2 Å². The third kappa shape index (κ3) is 3.88. The van der Waals surface area contributed by atoms with E-state index in [9.17, 15) is 9.18 Å². The second-order valence-corrected chi connectivity index (χ2v) is 9.25. The smallest absolute Gasteiger partial charge is 0.410 e. The van der Waals surface area contributed by atoms with Crippen LogP contribution in [-0.4, -0.2) is 50.0 Å². The van der Waals surface area contributed by atoms with Gasteiger partial charge in [0.05, 0.1) is 32.4 Å². The number of rotatable bonds is 4. The molecule has 3 aliphatic rings. The molecule has 1 saturated heterocycles. The molecule has 2 unspecified atom stereocenters. The zero-order valence-electron chi connectivity index (χ0n) is 19.4. The maximum atomic E-state index is 14.1. The minimum atomic E-state index is -0.347. The lowest BCUT2D eigenvalue weighted by Crippen LogP contribution is -2.56. The Bertz CT molecular complexity index is 1270. The Kier molecular flexibility index (Phi) is 5.53. The summed E-state index contributed by atoms with van der Waals surface area (Å²) in [5.74, 6) is 0.139. The highest BCUT2D eigenvalue weighted by molar-refractivity contribution is 5.79. The van der Waals surface area contributed by atoms with Crippen LogP contribution in [0.25, 0.3) is 16.7 Å². The van der Waals surface area contributed by atoms with Crippen molar-refractivity contribution in [1.29, 1.82) is 0 Å². The second kappa shape index (κ2) is 8.86.